The van der Waals surface area contributed by atoms with Crippen LogP contribution in [0.25, 0.3) is 11.0 Å². The second kappa shape index (κ2) is 3.35. The molecule has 0 amide bonds. The van der Waals surface area contributed by atoms with E-state index < -0.39 is 0 Å². The molecule has 0 aliphatic heterocycles. The minimum absolute atomic E-state index is 0.206. The molecule has 2 aromatic rings. The Hall–Kier alpha value is -1.35. The topological polar surface area (TPSA) is 38.0 Å². The van der Waals surface area contributed by atoms with E-state index >= 15 is 0 Å². The van der Waals surface area contributed by atoms with Crippen molar-refractivity contribution in [3.8, 4) is 0 Å². The van der Waals surface area contributed by atoms with Crippen LogP contribution < -0.4 is 0 Å². The summed E-state index contributed by atoms with van der Waals surface area (Å²) in [6, 6.07) is 8.30. The van der Waals surface area contributed by atoms with Crippen LogP contribution in [-0.2, 0) is 0 Å². The summed E-state index contributed by atoms with van der Waals surface area (Å²) in [5, 5.41) is 9.87. The molecular formula is C12H14N2O. The molecule has 1 heterocycles. The minimum atomic E-state index is -0.206. The first-order valence-electron chi connectivity index (χ1n) is 5.46. The predicted octanol–water partition coefficient (Wildman–Crippen LogP) is 2.12. The van der Waals surface area contributed by atoms with Crippen molar-refractivity contribution in [2.24, 2.45) is 0 Å². The number of hydrogen-bond donors (Lipinski definition) is 1. The Labute approximate surface area is 88.4 Å². The molecule has 78 valence electrons. The van der Waals surface area contributed by atoms with Crippen LogP contribution in [0.5, 0.6) is 0 Å². The number of imidazole rings is 1. The van der Waals surface area contributed by atoms with Gasteiger partial charge in [-0.15, -0.1) is 0 Å². The van der Waals surface area contributed by atoms with Gasteiger partial charge in [0.15, 0.2) is 0 Å². The van der Waals surface area contributed by atoms with Crippen LogP contribution in [0, 0.1) is 0 Å². The van der Waals surface area contributed by atoms with Crippen molar-refractivity contribution < 1.29 is 5.11 Å². The largest absolute Gasteiger partial charge is 0.391 e. The van der Waals surface area contributed by atoms with E-state index in [2.05, 4.69) is 15.6 Å². The van der Waals surface area contributed by atoms with Gasteiger partial charge in [-0.2, -0.15) is 0 Å². The van der Waals surface area contributed by atoms with Gasteiger partial charge >= 0.3 is 0 Å². The highest BCUT2D eigenvalue weighted by molar-refractivity contribution is 5.75. The van der Waals surface area contributed by atoms with Gasteiger partial charge in [0, 0.05) is 0 Å². The number of nitrogens with zero attached hydrogens (tertiary/aromatic N) is 2. The monoisotopic (exact) mass is 202 g/mol. The molecule has 1 aliphatic rings. The normalized spacial score (nSPS) is 26.2. The summed E-state index contributed by atoms with van der Waals surface area (Å²) in [6.45, 7) is 0. The molecule has 0 spiro atoms. The molecule has 0 unspecified atom stereocenters. The minimum Gasteiger partial charge on any atom is -0.391 e. The van der Waals surface area contributed by atoms with Crippen molar-refractivity contribution in [1.82, 2.24) is 9.55 Å². The van der Waals surface area contributed by atoms with E-state index in [1.54, 1.807) is 0 Å². The molecule has 1 N–H and O–H groups in total. The van der Waals surface area contributed by atoms with Crippen molar-refractivity contribution in [3.05, 3.63) is 30.6 Å². The first-order chi connectivity index (χ1) is 7.36. The van der Waals surface area contributed by atoms with E-state index in [0.717, 1.165) is 30.3 Å². The standard InChI is InChI=1S/C12H14N2O/c15-12-7-3-6-11(12)14-8-13-9-4-1-2-5-10(9)14/h1-2,4-5,8,11-12,15H,3,6-7H2/t11-,12-/m1/s1. The van der Waals surface area contributed by atoms with Crippen molar-refractivity contribution >= 4 is 11.0 Å². The zero-order chi connectivity index (χ0) is 10.3. The van der Waals surface area contributed by atoms with Gasteiger partial charge in [0.25, 0.3) is 0 Å². The van der Waals surface area contributed by atoms with Gasteiger partial charge in [0.1, 0.15) is 0 Å². The molecule has 1 aliphatic carbocycles. The lowest BCUT2D eigenvalue weighted by molar-refractivity contribution is 0.138. The quantitative estimate of drug-likeness (QED) is 0.769. The van der Waals surface area contributed by atoms with Crippen LogP contribution in [0.1, 0.15) is 25.3 Å². The zero-order valence-corrected chi connectivity index (χ0v) is 8.50. The number of para-hydroxylation sites is 2. The van der Waals surface area contributed by atoms with Gasteiger partial charge in [-0.05, 0) is 31.4 Å². The summed E-state index contributed by atoms with van der Waals surface area (Å²) in [5.41, 5.74) is 2.14. The Morgan fingerprint density at radius 1 is 1.27 bits per heavy atom. The number of benzene rings is 1. The molecule has 15 heavy (non-hydrogen) atoms. The third-order valence-corrected chi connectivity index (χ3v) is 3.28. The highest BCUT2D eigenvalue weighted by Crippen LogP contribution is 2.32. The van der Waals surface area contributed by atoms with Gasteiger partial charge in [-0.1, -0.05) is 12.1 Å². The highest BCUT2D eigenvalue weighted by Gasteiger charge is 2.27. The Morgan fingerprint density at radius 2 is 2.13 bits per heavy atom. The predicted molar refractivity (Wildman–Crippen MR) is 58.6 cm³/mol. The summed E-state index contributed by atoms with van der Waals surface area (Å²) < 4.78 is 2.12. The average Bonchev–Trinajstić information content (AvgIpc) is 2.83. The molecule has 1 fully saturated rings. The zero-order valence-electron chi connectivity index (χ0n) is 8.50. The average molecular weight is 202 g/mol. The van der Waals surface area contributed by atoms with E-state index in [1.165, 1.54) is 0 Å². The maximum absolute atomic E-state index is 9.87. The lowest BCUT2D eigenvalue weighted by Gasteiger charge is -2.16. The molecule has 0 radical (unpaired) electrons. The van der Waals surface area contributed by atoms with Gasteiger partial charge < -0.3 is 9.67 Å². The molecule has 1 aromatic carbocycles. The fraction of sp³-hybridized carbons (Fsp3) is 0.417. The molecule has 3 nitrogen and oxygen atoms in total. The third-order valence-electron chi connectivity index (χ3n) is 3.28. The number of fused-ring (bicyclic) bond motifs is 1. The Kier molecular flexibility index (Phi) is 1.99. The number of aliphatic hydroxyl groups is 1. The first kappa shape index (κ1) is 8.92. The van der Waals surface area contributed by atoms with Crippen LogP contribution in [0.3, 0.4) is 0 Å². The molecule has 3 rings (SSSR count). The van der Waals surface area contributed by atoms with E-state index in [-0.39, 0.29) is 12.1 Å². The van der Waals surface area contributed by atoms with Crippen molar-refractivity contribution in [3.63, 3.8) is 0 Å². The first-order valence-corrected chi connectivity index (χ1v) is 5.46. The molecule has 1 aromatic heterocycles. The molecule has 1 saturated carbocycles. The lowest BCUT2D eigenvalue weighted by Crippen LogP contribution is -2.17. The number of aromatic nitrogens is 2. The van der Waals surface area contributed by atoms with Crippen LogP contribution >= 0.6 is 0 Å². The van der Waals surface area contributed by atoms with E-state index in [9.17, 15) is 5.11 Å². The number of hydrogen-bond acceptors (Lipinski definition) is 2. The maximum atomic E-state index is 9.87. The van der Waals surface area contributed by atoms with Gasteiger partial charge in [0.05, 0.1) is 29.5 Å². The Balaban J connectivity index is 2.10. The van der Waals surface area contributed by atoms with Crippen molar-refractivity contribution in [2.45, 2.75) is 31.4 Å². The number of aliphatic hydroxyl groups excluding tert-OH is 1. The number of rotatable bonds is 1. The summed E-state index contributed by atoms with van der Waals surface area (Å²) in [5.74, 6) is 0. The smallest absolute Gasteiger partial charge is 0.0961 e. The lowest BCUT2D eigenvalue weighted by atomic mass is 10.2. The molecule has 3 heteroatoms. The fourth-order valence-electron chi connectivity index (χ4n) is 2.49. The second-order valence-electron chi connectivity index (χ2n) is 4.21. The summed E-state index contributed by atoms with van der Waals surface area (Å²) >= 11 is 0. The van der Waals surface area contributed by atoms with Crippen LogP contribution in [0.2, 0.25) is 0 Å². The molecule has 0 saturated heterocycles. The molecular weight excluding hydrogens is 188 g/mol. The maximum Gasteiger partial charge on any atom is 0.0961 e. The Bertz CT molecular complexity index is 477. The third kappa shape index (κ3) is 1.35. The van der Waals surface area contributed by atoms with E-state index in [4.69, 9.17) is 0 Å². The second-order valence-corrected chi connectivity index (χ2v) is 4.21. The highest BCUT2D eigenvalue weighted by atomic mass is 16.3. The molecule has 0 bridgehead atoms. The summed E-state index contributed by atoms with van der Waals surface area (Å²) in [7, 11) is 0. The SMILES string of the molecule is O[C@@H]1CCC[C@H]1n1cnc2ccccc21. The van der Waals surface area contributed by atoms with Crippen molar-refractivity contribution in [1.29, 1.82) is 0 Å². The van der Waals surface area contributed by atoms with Crippen LogP contribution in [0.4, 0.5) is 0 Å². The summed E-state index contributed by atoms with van der Waals surface area (Å²) in [4.78, 5) is 4.35. The Morgan fingerprint density at radius 3 is 2.93 bits per heavy atom. The van der Waals surface area contributed by atoms with Gasteiger partial charge in [-0.25, -0.2) is 4.98 Å². The van der Waals surface area contributed by atoms with Gasteiger partial charge in [-0.3, -0.25) is 0 Å². The summed E-state index contributed by atoms with van der Waals surface area (Å²) in [6.07, 6.45) is 4.73. The van der Waals surface area contributed by atoms with E-state index in [0.29, 0.717) is 0 Å². The van der Waals surface area contributed by atoms with E-state index in [1.807, 2.05) is 24.5 Å². The van der Waals surface area contributed by atoms with Crippen molar-refractivity contribution in [2.75, 3.05) is 0 Å². The fourth-order valence-corrected chi connectivity index (χ4v) is 2.49. The van der Waals surface area contributed by atoms with Gasteiger partial charge in [0.2, 0.25) is 0 Å². The van der Waals surface area contributed by atoms with Crippen LogP contribution in [-0.4, -0.2) is 20.8 Å². The molecule has 2 atom stereocenters. The van der Waals surface area contributed by atoms with Crippen LogP contribution in [0.15, 0.2) is 30.6 Å².